The van der Waals surface area contributed by atoms with Crippen LogP contribution < -0.4 is 14.2 Å². The van der Waals surface area contributed by atoms with Gasteiger partial charge in [-0.3, -0.25) is 0 Å². The van der Waals surface area contributed by atoms with Crippen LogP contribution in [0.1, 0.15) is 24.8 Å². The number of piperidine rings is 1. The molecule has 0 unspecified atom stereocenters. The molecular formula is C26H26N2O6. The van der Waals surface area contributed by atoms with Crippen LogP contribution in [0, 0.1) is 5.92 Å². The molecule has 0 N–H and O–H groups in total. The first-order valence-corrected chi connectivity index (χ1v) is 11.6. The first kappa shape index (κ1) is 22.2. The summed E-state index contributed by atoms with van der Waals surface area (Å²) in [7, 11) is 0. The molecule has 176 valence electrons. The molecule has 0 amide bonds. The van der Waals surface area contributed by atoms with Crippen LogP contribution in [0.15, 0.2) is 59.1 Å². The van der Waals surface area contributed by atoms with Crippen molar-refractivity contribution in [1.82, 2.24) is 10.1 Å². The van der Waals surface area contributed by atoms with Crippen molar-refractivity contribution in [3.63, 3.8) is 0 Å². The average Bonchev–Trinajstić information content (AvgIpc) is 3.26. The van der Waals surface area contributed by atoms with Crippen LogP contribution in [0.4, 0.5) is 0 Å². The van der Waals surface area contributed by atoms with E-state index in [2.05, 4.69) is 40.4 Å². The van der Waals surface area contributed by atoms with Gasteiger partial charge in [-0.2, -0.15) is 0 Å². The normalized spacial score (nSPS) is 18.0. The second-order valence-electron chi connectivity index (χ2n) is 8.59. The number of benzene rings is 2. The largest absolute Gasteiger partial charge is 0.475 e. The number of fused-ring (bicyclic) bond motifs is 3. The summed E-state index contributed by atoms with van der Waals surface area (Å²) in [4.78, 5) is 26.3. The summed E-state index contributed by atoms with van der Waals surface area (Å²) in [5, 5.41) is 4.37. The molecule has 5 rings (SSSR count). The SMILES string of the molecule is O=C1/C=C/C(=O)Oc2c(ccc3onc(OCCC4CCN(CCc5ccccc5)CC4)c23)O1. The van der Waals surface area contributed by atoms with Gasteiger partial charge in [0.1, 0.15) is 5.39 Å². The zero-order valence-corrected chi connectivity index (χ0v) is 18.8. The van der Waals surface area contributed by atoms with E-state index in [4.69, 9.17) is 18.7 Å². The highest BCUT2D eigenvalue weighted by Gasteiger charge is 2.25. The van der Waals surface area contributed by atoms with Gasteiger partial charge in [-0.25, -0.2) is 9.59 Å². The summed E-state index contributed by atoms with van der Waals surface area (Å²) in [6.07, 6.45) is 6.28. The fraction of sp³-hybridized carbons (Fsp3) is 0.346. The minimum atomic E-state index is -0.684. The number of ether oxygens (including phenoxy) is 3. The summed E-state index contributed by atoms with van der Waals surface area (Å²) in [6, 6.07) is 13.7. The Hall–Kier alpha value is -3.65. The lowest BCUT2D eigenvalue weighted by atomic mass is 9.93. The Morgan fingerprint density at radius 1 is 0.971 bits per heavy atom. The lowest BCUT2D eigenvalue weighted by Gasteiger charge is -2.31. The van der Waals surface area contributed by atoms with Gasteiger partial charge in [-0.05, 0) is 67.5 Å². The van der Waals surface area contributed by atoms with Crippen LogP contribution >= 0.6 is 0 Å². The summed E-state index contributed by atoms with van der Waals surface area (Å²) >= 11 is 0. The van der Waals surface area contributed by atoms with E-state index in [0.29, 0.717) is 23.5 Å². The first-order valence-electron chi connectivity index (χ1n) is 11.6. The Morgan fingerprint density at radius 3 is 2.53 bits per heavy atom. The molecule has 3 aromatic rings. The molecule has 1 aromatic heterocycles. The molecule has 0 bridgehead atoms. The Balaban J connectivity index is 1.16. The van der Waals surface area contributed by atoms with Crippen molar-refractivity contribution in [1.29, 1.82) is 0 Å². The van der Waals surface area contributed by atoms with Gasteiger partial charge in [0, 0.05) is 18.7 Å². The molecule has 1 fully saturated rings. The van der Waals surface area contributed by atoms with Crippen LogP contribution in [0.2, 0.25) is 0 Å². The number of nitrogens with zero attached hydrogens (tertiary/aromatic N) is 2. The van der Waals surface area contributed by atoms with E-state index in [0.717, 1.165) is 57.5 Å². The highest BCUT2D eigenvalue weighted by molar-refractivity contribution is 6.00. The average molecular weight is 463 g/mol. The Morgan fingerprint density at radius 2 is 1.74 bits per heavy atom. The van der Waals surface area contributed by atoms with Gasteiger partial charge in [0.25, 0.3) is 5.88 Å². The molecule has 3 heterocycles. The van der Waals surface area contributed by atoms with Gasteiger partial charge in [0.15, 0.2) is 17.1 Å². The maximum atomic E-state index is 12.0. The minimum Gasteiger partial charge on any atom is -0.475 e. The highest BCUT2D eigenvalue weighted by Crippen LogP contribution is 2.41. The van der Waals surface area contributed by atoms with E-state index in [9.17, 15) is 9.59 Å². The van der Waals surface area contributed by atoms with Gasteiger partial charge in [0.05, 0.1) is 6.61 Å². The standard InChI is InChI=1S/C26H26N2O6/c29-22-8-9-23(30)33-25-21(32-22)7-6-20-24(25)26(27-34-20)31-17-13-19-11-15-28(16-12-19)14-10-18-4-2-1-3-5-18/h1-9,19H,10-17H2/b9-8+. The van der Waals surface area contributed by atoms with Crippen LogP contribution in [0.5, 0.6) is 17.4 Å². The van der Waals surface area contributed by atoms with Crippen molar-refractivity contribution in [2.45, 2.75) is 25.7 Å². The van der Waals surface area contributed by atoms with E-state index < -0.39 is 11.9 Å². The number of carbonyl (C=O) groups excluding carboxylic acids is 2. The summed E-state index contributed by atoms with van der Waals surface area (Å²) in [6.45, 7) is 3.73. The van der Waals surface area contributed by atoms with Crippen LogP contribution in [-0.4, -0.2) is 48.2 Å². The van der Waals surface area contributed by atoms with Crippen LogP contribution in [0.25, 0.3) is 11.0 Å². The van der Waals surface area contributed by atoms with Crippen molar-refractivity contribution in [2.24, 2.45) is 5.92 Å². The van der Waals surface area contributed by atoms with E-state index in [1.54, 1.807) is 6.07 Å². The topological polar surface area (TPSA) is 91.1 Å². The zero-order valence-electron chi connectivity index (χ0n) is 18.8. The number of carbonyl (C=O) groups is 2. The number of aromatic nitrogens is 1. The zero-order chi connectivity index (χ0) is 23.3. The quantitative estimate of drug-likeness (QED) is 0.385. The van der Waals surface area contributed by atoms with Crippen molar-refractivity contribution in [3.8, 4) is 17.4 Å². The first-order chi connectivity index (χ1) is 16.7. The van der Waals surface area contributed by atoms with E-state index >= 15 is 0 Å². The third-order valence-electron chi connectivity index (χ3n) is 6.32. The van der Waals surface area contributed by atoms with Gasteiger partial charge in [-0.15, -0.1) is 0 Å². The molecule has 0 aliphatic carbocycles. The molecule has 0 saturated carbocycles. The predicted molar refractivity (Wildman–Crippen MR) is 124 cm³/mol. The van der Waals surface area contributed by atoms with Crippen LogP contribution in [-0.2, 0) is 16.0 Å². The number of likely N-dealkylation sites (tertiary alicyclic amines) is 1. The molecule has 2 aliphatic heterocycles. The summed E-state index contributed by atoms with van der Waals surface area (Å²) < 4.78 is 21.9. The summed E-state index contributed by atoms with van der Waals surface area (Å²) in [5.41, 5.74) is 1.76. The predicted octanol–water partition coefficient (Wildman–Crippen LogP) is 3.93. The fourth-order valence-corrected chi connectivity index (χ4v) is 4.41. The second-order valence-corrected chi connectivity index (χ2v) is 8.59. The van der Waals surface area contributed by atoms with Gasteiger partial charge < -0.3 is 23.6 Å². The Labute approximate surface area is 197 Å². The molecule has 2 aliphatic rings. The van der Waals surface area contributed by atoms with Crippen molar-refractivity contribution in [2.75, 3.05) is 26.2 Å². The molecule has 34 heavy (non-hydrogen) atoms. The number of hydrogen-bond acceptors (Lipinski definition) is 8. The van der Waals surface area contributed by atoms with E-state index in [1.165, 1.54) is 11.6 Å². The Kier molecular flexibility index (Phi) is 6.58. The highest BCUT2D eigenvalue weighted by atomic mass is 16.6. The lowest BCUT2D eigenvalue weighted by Crippen LogP contribution is -2.35. The fourth-order valence-electron chi connectivity index (χ4n) is 4.41. The Bertz CT molecular complexity index is 1190. The van der Waals surface area contributed by atoms with Crippen molar-refractivity contribution in [3.05, 3.63) is 60.2 Å². The molecule has 0 atom stereocenters. The van der Waals surface area contributed by atoms with Crippen LogP contribution in [0.3, 0.4) is 0 Å². The smallest absolute Gasteiger partial charge is 0.336 e. The molecule has 8 nitrogen and oxygen atoms in total. The van der Waals surface area contributed by atoms with Crippen molar-refractivity contribution >= 4 is 22.9 Å². The molecule has 2 aromatic carbocycles. The number of rotatable bonds is 7. The maximum absolute atomic E-state index is 12.0. The maximum Gasteiger partial charge on any atom is 0.336 e. The molecule has 8 heteroatoms. The van der Waals surface area contributed by atoms with Crippen molar-refractivity contribution < 1.29 is 28.3 Å². The monoisotopic (exact) mass is 462 g/mol. The summed E-state index contributed by atoms with van der Waals surface area (Å²) in [5.74, 6) is -0.353. The van der Waals surface area contributed by atoms with Gasteiger partial charge >= 0.3 is 11.9 Å². The third-order valence-corrected chi connectivity index (χ3v) is 6.32. The second kappa shape index (κ2) is 10.1. The number of esters is 2. The molecular weight excluding hydrogens is 436 g/mol. The molecule has 0 spiro atoms. The van der Waals surface area contributed by atoms with Gasteiger partial charge in [0.2, 0.25) is 0 Å². The lowest BCUT2D eigenvalue weighted by molar-refractivity contribution is -0.133. The molecule has 1 saturated heterocycles. The number of hydrogen-bond donors (Lipinski definition) is 0. The minimum absolute atomic E-state index is 0.0724. The van der Waals surface area contributed by atoms with E-state index in [1.807, 2.05) is 0 Å². The third kappa shape index (κ3) is 5.12. The molecule has 0 radical (unpaired) electrons. The van der Waals surface area contributed by atoms with Gasteiger partial charge in [-0.1, -0.05) is 30.3 Å². The van der Waals surface area contributed by atoms with E-state index in [-0.39, 0.29) is 17.4 Å².